The molecule has 0 amide bonds. The molecule has 0 spiro atoms. The van der Waals surface area contributed by atoms with Gasteiger partial charge in [0.05, 0.1) is 6.10 Å². The van der Waals surface area contributed by atoms with E-state index in [0.29, 0.717) is 5.92 Å². The summed E-state index contributed by atoms with van der Waals surface area (Å²) in [5.74, 6) is 0.451. The van der Waals surface area contributed by atoms with Crippen molar-refractivity contribution in [3.63, 3.8) is 0 Å². The molecule has 1 aliphatic rings. The lowest BCUT2D eigenvalue weighted by molar-refractivity contribution is 0.146. The molecule has 1 N–H and O–H groups in total. The molecule has 2 aromatic carbocycles. The summed E-state index contributed by atoms with van der Waals surface area (Å²) in [6.45, 7) is 0. The van der Waals surface area contributed by atoms with Gasteiger partial charge in [0.25, 0.3) is 0 Å². The average Bonchev–Trinajstić information content (AvgIpc) is 2.40. The van der Waals surface area contributed by atoms with E-state index < -0.39 is 0 Å². The van der Waals surface area contributed by atoms with E-state index in [1.165, 1.54) is 16.7 Å². The van der Waals surface area contributed by atoms with Crippen molar-refractivity contribution in [2.24, 2.45) is 0 Å². The molecular formula is C17H18O. The van der Waals surface area contributed by atoms with Crippen LogP contribution in [-0.2, 0) is 12.8 Å². The summed E-state index contributed by atoms with van der Waals surface area (Å²) in [6, 6.07) is 19.1. The van der Waals surface area contributed by atoms with E-state index in [0.717, 1.165) is 19.3 Å². The molecule has 0 fully saturated rings. The molecule has 92 valence electrons. The summed E-state index contributed by atoms with van der Waals surface area (Å²) in [5.41, 5.74) is 4.09. The largest absolute Gasteiger partial charge is 0.393 e. The Balaban J connectivity index is 1.89. The summed E-state index contributed by atoms with van der Waals surface area (Å²) < 4.78 is 0. The lowest BCUT2D eigenvalue weighted by atomic mass is 9.78. The second-order valence-electron chi connectivity index (χ2n) is 5.18. The summed E-state index contributed by atoms with van der Waals surface area (Å²) in [4.78, 5) is 0. The van der Waals surface area contributed by atoms with Gasteiger partial charge in [-0.25, -0.2) is 0 Å². The Hall–Kier alpha value is -1.60. The Bertz CT molecular complexity index is 518. The number of aliphatic hydroxyl groups is 1. The minimum atomic E-state index is -0.186. The normalized spacial score (nSPS) is 22.5. The standard InChI is InChI=1S/C17H18O/c18-16-11-14-8-4-5-9-17(14)15(12-16)10-13-6-2-1-3-7-13/h1-9,15-16,18H,10-12H2. The third-order valence-corrected chi connectivity index (χ3v) is 3.83. The first kappa shape index (κ1) is 11.5. The third-order valence-electron chi connectivity index (χ3n) is 3.83. The molecule has 2 unspecified atom stereocenters. The van der Waals surface area contributed by atoms with Crippen LogP contribution in [0.5, 0.6) is 0 Å². The molecule has 3 rings (SSSR count). The highest BCUT2D eigenvalue weighted by atomic mass is 16.3. The smallest absolute Gasteiger partial charge is 0.0586 e. The van der Waals surface area contributed by atoms with E-state index in [9.17, 15) is 5.11 Å². The second kappa shape index (κ2) is 4.95. The fraction of sp³-hybridized carbons (Fsp3) is 0.294. The summed E-state index contributed by atoms with van der Waals surface area (Å²) in [5, 5.41) is 10.0. The van der Waals surface area contributed by atoms with Crippen LogP contribution in [0.1, 0.15) is 29.0 Å². The van der Waals surface area contributed by atoms with Crippen molar-refractivity contribution in [1.82, 2.24) is 0 Å². The fourth-order valence-electron chi connectivity index (χ4n) is 3.00. The molecule has 0 bridgehead atoms. The first-order chi connectivity index (χ1) is 8.83. The quantitative estimate of drug-likeness (QED) is 0.851. The van der Waals surface area contributed by atoms with Crippen LogP contribution in [0.15, 0.2) is 54.6 Å². The Labute approximate surface area is 108 Å². The van der Waals surface area contributed by atoms with Crippen molar-refractivity contribution in [3.05, 3.63) is 71.3 Å². The Morgan fingerprint density at radius 2 is 1.67 bits per heavy atom. The van der Waals surface area contributed by atoms with Crippen molar-refractivity contribution in [1.29, 1.82) is 0 Å². The van der Waals surface area contributed by atoms with Gasteiger partial charge in [-0.3, -0.25) is 0 Å². The molecule has 18 heavy (non-hydrogen) atoms. The number of hydrogen-bond donors (Lipinski definition) is 1. The van der Waals surface area contributed by atoms with Gasteiger partial charge in [0.1, 0.15) is 0 Å². The summed E-state index contributed by atoms with van der Waals surface area (Å²) >= 11 is 0. The number of hydrogen-bond acceptors (Lipinski definition) is 1. The van der Waals surface area contributed by atoms with Gasteiger partial charge in [-0.2, -0.15) is 0 Å². The van der Waals surface area contributed by atoms with Crippen LogP contribution in [0.2, 0.25) is 0 Å². The van der Waals surface area contributed by atoms with Gasteiger partial charge >= 0.3 is 0 Å². The predicted octanol–water partition coefficient (Wildman–Crippen LogP) is 3.32. The number of benzene rings is 2. The molecule has 1 heteroatoms. The van der Waals surface area contributed by atoms with E-state index in [-0.39, 0.29) is 6.10 Å². The van der Waals surface area contributed by atoms with Crippen LogP contribution in [0.4, 0.5) is 0 Å². The van der Waals surface area contributed by atoms with Crippen molar-refractivity contribution in [2.75, 3.05) is 0 Å². The van der Waals surface area contributed by atoms with E-state index in [1.54, 1.807) is 0 Å². The van der Waals surface area contributed by atoms with Crippen LogP contribution >= 0.6 is 0 Å². The van der Waals surface area contributed by atoms with Gasteiger partial charge < -0.3 is 5.11 Å². The number of fused-ring (bicyclic) bond motifs is 1. The van der Waals surface area contributed by atoms with E-state index in [4.69, 9.17) is 0 Å². The highest BCUT2D eigenvalue weighted by Crippen LogP contribution is 2.34. The minimum absolute atomic E-state index is 0.186. The summed E-state index contributed by atoms with van der Waals surface area (Å²) in [6.07, 6.45) is 2.52. The molecule has 2 aromatic rings. The Morgan fingerprint density at radius 3 is 2.50 bits per heavy atom. The highest BCUT2D eigenvalue weighted by Gasteiger charge is 2.25. The molecular weight excluding hydrogens is 220 g/mol. The third kappa shape index (κ3) is 2.32. The van der Waals surface area contributed by atoms with Crippen LogP contribution in [0.3, 0.4) is 0 Å². The van der Waals surface area contributed by atoms with Crippen molar-refractivity contribution < 1.29 is 5.11 Å². The second-order valence-corrected chi connectivity index (χ2v) is 5.18. The van der Waals surface area contributed by atoms with Gasteiger partial charge in [-0.15, -0.1) is 0 Å². The number of aliphatic hydroxyl groups excluding tert-OH is 1. The first-order valence-electron chi connectivity index (χ1n) is 6.63. The molecule has 0 saturated heterocycles. The zero-order valence-corrected chi connectivity index (χ0v) is 10.4. The van der Waals surface area contributed by atoms with Gasteiger partial charge in [-0.1, -0.05) is 54.6 Å². The molecule has 0 saturated carbocycles. The van der Waals surface area contributed by atoms with E-state index >= 15 is 0 Å². The fourth-order valence-corrected chi connectivity index (χ4v) is 3.00. The van der Waals surface area contributed by atoms with Crippen molar-refractivity contribution >= 4 is 0 Å². The van der Waals surface area contributed by atoms with Gasteiger partial charge in [0, 0.05) is 0 Å². The number of rotatable bonds is 2. The van der Waals surface area contributed by atoms with Crippen LogP contribution in [-0.4, -0.2) is 11.2 Å². The van der Waals surface area contributed by atoms with Gasteiger partial charge in [-0.05, 0) is 41.9 Å². The van der Waals surface area contributed by atoms with Crippen LogP contribution in [0, 0.1) is 0 Å². The molecule has 1 nitrogen and oxygen atoms in total. The summed E-state index contributed by atoms with van der Waals surface area (Å²) in [7, 11) is 0. The zero-order chi connectivity index (χ0) is 12.4. The molecule has 0 heterocycles. The van der Waals surface area contributed by atoms with Crippen molar-refractivity contribution in [3.8, 4) is 0 Å². The Morgan fingerprint density at radius 1 is 0.944 bits per heavy atom. The van der Waals surface area contributed by atoms with Gasteiger partial charge in [0.2, 0.25) is 0 Å². The van der Waals surface area contributed by atoms with Gasteiger partial charge in [0.15, 0.2) is 0 Å². The zero-order valence-electron chi connectivity index (χ0n) is 10.4. The Kier molecular flexibility index (Phi) is 3.16. The monoisotopic (exact) mass is 238 g/mol. The van der Waals surface area contributed by atoms with Crippen molar-refractivity contribution in [2.45, 2.75) is 31.3 Å². The molecule has 1 aliphatic carbocycles. The van der Waals surface area contributed by atoms with Crippen LogP contribution in [0.25, 0.3) is 0 Å². The maximum absolute atomic E-state index is 10.0. The van der Waals surface area contributed by atoms with Crippen LogP contribution < -0.4 is 0 Å². The first-order valence-corrected chi connectivity index (χ1v) is 6.63. The topological polar surface area (TPSA) is 20.2 Å². The van der Waals surface area contributed by atoms with E-state index in [2.05, 4.69) is 48.5 Å². The highest BCUT2D eigenvalue weighted by molar-refractivity contribution is 5.35. The average molecular weight is 238 g/mol. The minimum Gasteiger partial charge on any atom is -0.393 e. The molecule has 2 atom stereocenters. The van der Waals surface area contributed by atoms with E-state index in [1.807, 2.05) is 6.07 Å². The predicted molar refractivity (Wildman–Crippen MR) is 73.7 cm³/mol. The molecule has 0 aliphatic heterocycles. The lowest BCUT2D eigenvalue weighted by Gasteiger charge is -2.29. The maximum atomic E-state index is 10.0. The SMILES string of the molecule is OC1Cc2ccccc2C(Cc2ccccc2)C1. The lowest BCUT2D eigenvalue weighted by Crippen LogP contribution is -2.23. The molecule has 0 radical (unpaired) electrons. The molecule has 0 aromatic heterocycles. The maximum Gasteiger partial charge on any atom is 0.0586 e.